The van der Waals surface area contributed by atoms with Crippen LogP contribution in [0.3, 0.4) is 0 Å². The van der Waals surface area contributed by atoms with Gasteiger partial charge in [0.15, 0.2) is 5.16 Å². The average molecular weight is 316 g/mol. The predicted molar refractivity (Wildman–Crippen MR) is 91.1 cm³/mol. The smallest absolute Gasteiger partial charge is 0.187 e. The van der Waals surface area contributed by atoms with Gasteiger partial charge in [0.05, 0.1) is 17.8 Å². The van der Waals surface area contributed by atoms with Crippen molar-refractivity contribution >= 4 is 33.6 Å². The third-order valence-electron chi connectivity index (χ3n) is 3.65. The van der Waals surface area contributed by atoms with Crippen LogP contribution in [0.25, 0.3) is 21.8 Å². The van der Waals surface area contributed by atoms with E-state index < -0.39 is 0 Å². The fraction of sp³-hybridized carbons (Fsp3) is 0.400. The van der Waals surface area contributed by atoms with Gasteiger partial charge in [-0.3, -0.25) is 4.68 Å². The molecule has 0 fully saturated rings. The largest absolute Gasteiger partial charge is 0.325 e. The first-order valence-corrected chi connectivity index (χ1v) is 8.40. The number of hydrogen-bond donors (Lipinski definition) is 1. The first-order chi connectivity index (χ1) is 10.6. The quantitative estimate of drug-likeness (QED) is 0.571. The summed E-state index contributed by atoms with van der Waals surface area (Å²) in [6.45, 7) is 2.15. The first-order valence-electron chi connectivity index (χ1n) is 7.18. The van der Waals surface area contributed by atoms with Crippen molar-refractivity contribution in [2.24, 2.45) is 5.73 Å². The van der Waals surface area contributed by atoms with Crippen LogP contribution in [0.4, 0.5) is 0 Å². The Morgan fingerprint density at radius 1 is 1.32 bits per heavy atom. The van der Waals surface area contributed by atoms with Gasteiger partial charge in [0, 0.05) is 30.1 Å². The van der Waals surface area contributed by atoms with E-state index in [0.717, 1.165) is 45.7 Å². The van der Waals surface area contributed by atoms with Gasteiger partial charge >= 0.3 is 0 Å². The highest BCUT2D eigenvalue weighted by Crippen LogP contribution is 2.27. The van der Waals surface area contributed by atoms with Crippen LogP contribution in [0, 0.1) is 0 Å². The second-order valence-corrected chi connectivity index (χ2v) is 6.21. The summed E-state index contributed by atoms with van der Waals surface area (Å²) in [6, 6.07) is 4.11. The summed E-state index contributed by atoms with van der Waals surface area (Å²) in [5.74, 6) is 0. The minimum absolute atomic E-state index is 0.428. The van der Waals surface area contributed by atoms with Crippen molar-refractivity contribution in [1.82, 2.24) is 24.6 Å². The molecule has 1 aromatic carbocycles. The molecule has 0 saturated heterocycles. The maximum absolute atomic E-state index is 5.86. The van der Waals surface area contributed by atoms with Crippen molar-refractivity contribution in [1.29, 1.82) is 0 Å². The highest BCUT2D eigenvalue weighted by molar-refractivity contribution is 7.98. The zero-order valence-electron chi connectivity index (χ0n) is 13.1. The van der Waals surface area contributed by atoms with Crippen LogP contribution >= 0.6 is 11.8 Å². The van der Waals surface area contributed by atoms with Crippen molar-refractivity contribution in [3.8, 4) is 0 Å². The number of hydrogen-bond acceptors (Lipinski definition) is 6. The third kappa shape index (κ3) is 2.67. The van der Waals surface area contributed by atoms with E-state index in [2.05, 4.69) is 35.1 Å². The van der Waals surface area contributed by atoms with Gasteiger partial charge in [-0.25, -0.2) is 9.97 Å². The highest BCUT2D eigenvalue weighted by Gasteiger charge is 2.14. The van der Waals surface area contributed by atoms with E-state index in [1.165, 1.54) is 0 Å². The van der Waals surface area contributed by atoms with E-state index in [1.54, 1.807) is 11.8 Å². The summed E-state index contributed by atoms with van der Waals surface area (Å²) in [7, 11) is 4.11. The van der Waals surface area contributed by atoms with Crippen molar-refractivity contribution in [3.05, 3.63) is 24.0 Å². The summed E-state index contributed by atoms with van der Waals surface area (Å²) >= 11 is 1.54. The lowest BCUT2D eigenvalue weighted by Gasteiger charge is -2.10. The van der Waals surface area contributed by atoms with Crippen molar-refractivity contribution < 1.29 is 0 Å². The van der Waals surface area contributed by atoms with Gasteiger partial charge in [0.1, 0.15) is 5.52 Å². The van der Waals surface area contributed by atoms with Crippen LogP contribution in [0.2, 0.25) is 0 Å². The SMILES string of the molecule is CSc1ncc2ccc3c(CN)nn(CCN(C)C)c3c2n1. The van der Waals surface area contributed by atoms with E-state index in [-0.39, 0.29) is 0 Å². The highest BCUT2D eigenvalue weighted by atomic mass is 32.2. The molecule has 0 unspecified atom stereocenters. The molecule has 3 rings (SSSR count). The molecule has 22 heavy (non-hydrogen) atoms. The number of thioether (sulfide) groups is 1. The normalized spacial score (nSPS) is 11.9. The molecular weight excluding hydrogens is 296 g/mol. The maximum atomic E-state index is 5.86. The Kier molecular flexibility index (Phi) is 4.28. The van der Waals surface area contributed by atoms with E-state index in [0.29, 0.717) is 6.54 Å². The number of rotatable bonds is 5. The number of aromatic nitrogens is 4. The number of likely N-dealkylation sites (N-methyl/N-ethyl adjacent to an activating group) is 1. The van der Waals surface area contributed by atoms with Crippen LogP contribution in [-0.2, 0) is 13.1 Å². The molecule has 0 aliphatic carbocycles. The minimum Gasteiger partial charge on any atom is -0.325 e. The van der Waals surface area contributed by atoms with Crippen LogP contribution in [0.5, 0.6) is 0 Å². The molecule has 3 aromatic rings. The van der Waals surface area contributed by atoms with Crippen molar-refractivity contribution in [2.75, 3.05) is 26.9 Å². The monoisotopic (exact) mass is 316 g/mol. The lowest BCUT2D eigenvalue weighted by atomic mass is 10.1. The van der Waals surface area contributed by atoms with Gasteiger partial charge in [-0.1, -0.05) is 23.9 Å². The van der Waals surface area contributed by atoms with E-state index in [4.69, 9.17) is 10.7 Å². The molecule has 2 heterocycles. The van der Waals surface area contributed by atoms with Gasteiger partial charge in [-0.15, -0.1) is 0 Å². The Morgan fingerprint density at radius 2 is 2.14 bits per heavy atom. The summed E-state index contributed by atoms with van der Waals surface area (Å²) in [4.78, 5) is 11.2. The number of nitrogens with two attached hydrogens (primary N) is 1. The van der Waals surface area contributed by atoms with E-state index in [1.807, 2.05) is 23.2 Å². The molecule has 2 N–H and O–H groups in total. The number of fused-ring (bicyclic) bond motifs is 3. The van der Waals surface area contributed by atoms with E-state index >= 15 is 0 Å². The van der Waals surface area contributed by atoms with Gasteiger partial charge in [-0.2, -0.15) is 5.10 Å². The van der Waals surface area contributed by atoms with Gasteiger partial charge in [-0.05, 0) is 20.4 Å². The summed E-state index contributed by atoms with van der Waals surface area (Å²) in [5.41, 5.74) is 8.78. The molecule has 0 amide bonds. The number of benzene rings is 1. The molecule has 0 aliphatic heterocycles. The van der Waals surface area contributed by atoms with Gasteiger partial charge < -0.3 is 10.6 Å². The Morgan fingerprint density at radius 3 is 2.82 bits per heavy atom. The second-order valence-electron chi connectivity index (χ2n) is 5.43. The fourth-order valence-corrected chi connectivity index (χ4v) is 2.86. The molecule has 7 heteroatoms. The van der Waals surface area contributed by atoms with Gasteiger partial charge in [0.2, 0.25) is 0 Å². The molecule has 0 atom stereocenters. The van der Waals surface area contributed by atoms with Crippen LogP contribution in [-0.4, -0.2) is 51.5 Å². The second kappa shape index (κ2) is 6.20. The average Bonchev–Trinajstić information content (AvgIpc) is 2.90. The maximum Gasteiger partial charge on any atom is 0.187 e. The van der Waals surface area contributed by atoms with E-state index in [9.17, 15) is 0 Å². The zero-order valence-corrected chi connectivity index (χ0v) is 13.9. The van der Waals surface area contributed by atoms with Gasteiger partial charge in [0.25, 0.3) is 0 Å². The topological polar surface area (TPSA) is 72.9 Å². The summed E-state index contributed by atoms with van der Waals surface area (Å²) in [6.07, 6.45) is 3.86. The Hall–Kier alpha value is -1.70. The molecule has 6 nitrogen and oxygen atoms in total. The molecular formula is C15H20N6S. The first kappa shape index (κ1) is 15.2. The summed E-state index contributed by atoms with van der Waals surface area (Å²) < 4.78 is 2.02. The third-order valence-corrected chi connectivity index (χ3v) is 4.21. The zero-order chi connectivity index (χ0) is 15.7. The molecule has 0 saturated carbocycles. The molecule has 0 spiro atoms. The molecule has 2 aromatic heterocycles. The fourth-order valence-electron chi connectivity index (χ4n) is 2.52. The van der Waals surface area contributed by atoms with Crippen LogP contribution in [0.15, 0.2) is 23.5 Å². The Balaban J connectivity index is 2.26. The van der Waals surface area contributed by atoms with Crippen molar-refractivity contribution in [3.63, 3.8) is 0 Å². The lowest BCUT2D eigenvalue weighted by molar-refractivity contribution is 0.376. The lowest BCUT2D eigenvalue weighted by Crippen LogP contribution is -2.19. The predicted octanol–water partition coefficient (Wildman–Crippen LogP) is 1.72. The molecule has 116 valence electrons. The number of nitrogens with zero attached hydrogens (tertiary/aromatic N) is 5. The van der Waals surface area contributed by atoms with Crippen LogP contribution in [0.1, 0.15) is 5.69 Å². The van der Waals surface area contributed by atoms with Crippen molar-refractivity contribution in [2.45, 2.75) is 18.2 Å². The Bertz CT molecular complexity index is 810. The minimum atomic E-state index is 0.428. The molecule has 0 aliphatic rings. The summed E-state index contributed by atoms with van der Waals surface area (Å²) in [5, 5.41) is 7.57. The molecule has 0 radical (unpaired) electrons. The molecule has 0 bridgehead atoms. The van der Waals surface area contributed by atoms with Crippen LogP contribution < -0.4 is 5.73 Å². The Labute approximate surface area is 133 Å². The standard InChI is InChI=1S/C15H20N6S/c1-20(2)6-7-21-14-11(12(8-16)19-21)5-4-10-9-17-15(22-3)18-13(10)14/h4-5,9H,6-8,16H2,1-3H3.